The Morgan fingerprint density at radius 3 is 2.63 bits per heavy atom. The largest absolute Gasteiger partial charge is 0.593 e. The van der Waals surface area contributed by atoms with Crippen molar-refractivity contribution in [2.45, 2.75) is 42.9 Å². The first kappa shape index (κ1) is 28.3. The number of benzene rings is 1. The van der Waals surface area contributed by atoms with Crippen LogP contribution >= 0.6 is 0 Å². The normalized spacial score (nSPS) is 30.1. The highest BCUT2D eigenvalue weighted by Crippen LogP contribution is 2.46. The predicted molar refractivity (Wildman–Crippen MR) is 157 cm³/mol. The van der Waals surface area contributed by atoms with Gasteiger partial charge in [0.25, 0.3) is 0 Å². The van der Waals surface area contributed by atoms with Crippen LogP contribution in [-0.2, 0) is 11.4 Å². The highest BCUT2D eigenvalue weighted by Gasteiger charge is 2.48. The molecule has 3 N–H and O–H groups in total. The fraction of sp³-hybridized carbons (Fsp3) is 0.467. The number of allylic oxidation sites excluding steroid dienone is 2. The van der Waals surface area contributed by atoms with Gasteiger partial charge in [-0.1, -0.05) is 5.57 Å². The van der Waals surface area contributed by atoms with E-state index in [9.17, 15) is 18.4 Å². The van der Waals surface area contributed by atoms with Crippen molar-refractivity contribution >= 4 is 28.6 Å². The van der Waals surface area contributed by atoms with Crippen LogP contribution < -0.4 is 10.6 Å². The van der Waals surface area contributed by atoms with E-state index in [0.717, 1.165) is 24.3 Å². The zero-order valence-corrected chi connectivity index (χ0v) is 23.8. The van der Waals surface area contributed by atoms with E-state index >= 15 is 0 Å². The highest BCUT2D eigenvalue weighted by molar-refractivity contribution is 7.89. The third-order valence-corrected chi connectivity index (χ3v) is 10.0. The smallest absolute Gasteiger partial charge is 0.192 e. The van der Waals surface area contributed by atoms with Crippen molar-refractivity contribution in [3.63, 3.8) is 0 Å². The number of nitrogens with zero attached hydrogens (tertiary/aromatic N) is 5. The van der Waals surface area contributed by atoms with Crippen LogP contribution in [0, 0.1) is 11.2 Å². The van der Waals surface area contributed by atoms with Gasteiger partial charge in [0.15, 0.2) is 4.90 Å². The molecule has 3 fully saturated rings. The minimum absolute atomic E-state index is 0.313. The summed E-state index contributed by atoms with van der Waals surface area (Å²) in [6.07, 6.45) is 6.72. The Morgan fingerprint density at radius 1 is 1.15 bits per heavy atom. The molecule has 0 radical (unpaired) electrons. The number of β-amino-alcohol motifs (C(OH)–C–C–N with tert-alkyl or cyclic N) is 1. The van der Waals surface area contributed by atoms with E-state index in [1.54, 1.807) is 24.5 Å². The second-order valence-corrected chi connectivity index (χ2v) is 13.0. The number of aliphatic hydroxyl groups excluding tert-OH is 1. The van der Waals surface area contributed by atoms with Crippen LogP contribution in [-0.4, -0.2) is 87.6 Å². The minimum Gasteiger partial charge on any atom is -0.593 e. The first-order valence-electron chi connectivity index (χ1n) is 14.2. The summed E-state index contributed by atoms with van der Waals surface area (Å²) in [5, 5.41) is 10.2. The lowest BCUT2D eigenvalue weighted by atomic mass is 9.67. The first-order chi connectivity index (χ1) is 19.8. The van der Waals surface area contributed by atoms with Crippen LogP contribution in [0.5, 0.6) is 0 Å². The summed E-state index contributed by atoms with van der Waals surface area (Å²) in [6.45, 7) is 4.25. The Morgan fingerprint density at radius 2 is 1.98 bits per heavy atom. The maximum Gasteiger partial charge on any atom is 0.192 e. The summed E-state index contributed by atoms with van der Waals surface area (Å²) >= 11 is -1.43. The van der Waals surface area contributed by atoms with Crippen molar-refractivity contribution in [3.05, 3.63) is 71.8 Å². The van der Waals surface area contributed by atoms with Gasteiger partial charge < -0.3 is 20.3 Å². The fourth-order valence-corrected chi connectivity index (χ4v) is 7.76. The second kappa shape index (κ2) is 11.8. The Balaban J connectivity index is 1.27. The number of pyridine rings is 1. The predicted octanol–water partition coefficient (Wildman–Crippen LogP) is 3.50. The quantitative estimate of drug-likeness (QED) is 0.503. The summed E-state index contributed by atoms with van der Waals surface area (Å²) in [6, 6.07) is 9.74. The van der Waals surface area contributed by atoms with Crippen molar-refractivity contribution in [1.82, 2.24) is 14.2 Å². The molecule has 0 saturated carbocycles. The molecule has 1 aromatic carbocycles. The summed E-state index contributed by atoms with van der Waals surface area (Å²) < 4.78 is 43.0. The van der Waals surface area contributed by atoms with Crippen molar-refractivity contribution in [2.24, 2.45) is 16.1 Å². The van der Waals surface area contributed by atoms with Gasteiger partial charge in [0.1, 0.15) is 17.8 Å². The van der Waals surface area contributed by atoms with Gasteiger partial charge in [0, 0.05) is 44.2 Å². The van der Waals surface area contributed by atoms with E-state index in [1.807, 2.05) is 21.3 Å². The average Bonchev–Trinajstić information content (AvgIpc) is 3.60. The number of fused-ring (bicyclic) bond motifs is 1. The van der Waals surface area contributed by atoms with Crippen LogP contribution in [0.25, 0.3) is 0 Å². The number of halogens is 2. The first-order valence-corrected chi connectivity index (χ1v) is 15.3. The SMILES string of the molecule is NC=C1C[C@]2(CN3CC[C@H](O)C3)CN([S+]([O-])c3ccc(N4CC[C@@H](F)C4)nc3)CCC2=CC1=Nc1ccc(F)cc1. The molecule has 3 saturated heterocycles. The van der Waals surface area contributed by atoms with E-state index < -0.39 is 17.5 Å². The van der Waals surface area contributed by atoms with E-state index in [-0.39, 0.29) is 17.3 Å². The molecule has 8 nitrogen and oxygen atoms in total. The molecule has 41 heavy (non-hydrogen) atoms. The van der Waals surface area contributed by atoms with Gasteiger partial charge in [-0.15, -0.1) is 4.31 Å². The zero-order chi connectivity index (χ0) is 28.6. The molecule has 0 bridgehead atoms. The van der Waals surface area contributed by atoms with E-state index in [0.29, 0.717) is 74.9 Å². The summed E-state index contributed by atoms with van der Waals surface area (Å²) in [5.74, 6) is 0.392. The number of anilines is 1. The van der Waals surface area contributed by atoms with Crippen LogP contribution in [0.1, 0.15) is 25.7 Å². The Bertz CT molecular complexity index is 1340. The van der Waals surface area contributed by atoms with Crippen LogP contribution in [0.2, 0.25) is 0 Å². The lowest BCUT2D eigenvalue weighted by Gasteiger charge is -2.48. The van der Waals surface area contributed by atoms with Crippen LogP contribution in [0.4, 0.5) is 20.3 Å². The maximum atomic E-state index is 13.8. The molecule has 11 heteroatoms. The molecule has 4 heterocycles. The van der Waals surface area contributed by atoms with Gasteiger partial charge in [-0.3, -0.25) is 4.90 Å². The summed E-state index contributed by atoms with van der Waals surface area (Å²) in [7, 11) is 0. The highest BCUT2D eigenvalue weighted by atomic mass is 32.2. The van der Waals surface area contributed by atoms with Gasteiger partial charge in [0.05, 0.1) is 48.2 Å². The number of aliphatic imine (C=N–C) groups is 1. The number of aliphatic hydroxyl groups is 1. The van der Waals surface area contributed by atoms with E-state index in [2.05, 4.69) is 16.0 Å². The number of hydrogen-bond donors (Lipinski definition) is 2. The number of nitrogens with two attached hydrogens (primary N) is 1. The lowest BCUT2D eigenvalue weighted by molar-refractivity contribution is 0.126. The number of aromatic nitrogens is 1. The van der Waals surface area contributed by atoms with Crippen LogP contribution in [0.3, 0.4) is 0 Å². The number of hydrogen-bond acceptors (Lipinski definition) is 8. The molecule has 218 valence electrons. The third-order valence-electron chi connectivity index (χ3n) is 8.62. The lowest BCUT2D eigenvalue weighted by Crippen LogP contribution is -2.53. The summed E-state index contributed by atoms with van der Waals surface area (Å²) in [4.78, 5) is 14.1. The monoisotopic (exact) mass is 582 g/mol. The number of alkyl halides is 1. The fourth-order valence-electron chi connectivity index (χ4n) is 6.51. The minimum atomic E-state index is -1.43. The summed E-state index contributed by atoms with van der Waals surface area (Å²) in [5.41, 5.74) is 9.31. The molecule has 1 aliphatic carbocycles. The second-order valence-electron chi connectivity index (χ2n) is 11.5. The van der Waals surface area contributed by atoms with Crippen molar-refractivity contribution in [1.29, 1.82) is 0 Å². The molecule has 4 aliphatic rings. The van der Waals surface area contributed by atoms with Gasteiger partial charge in [-0.2, -0.15) is 0 Å². The van der Waals surface area contributed by atoms with E-state index in [1.165, 1.54) is 17.7 Å². The van der Waals surface area contributed by atoms with Gasteiger partial charge in [-0.25, -0.2) is 18.8 Å². The van der Waals surface area contributed by atoms with Crippen molar-refractivity contribution < 1.29 is 18.4 Å². The van der Waals surface area contributed by atoms with Crippen molar-refractivity contribution in [3.8, 4) is 0 Å². The van der Waals surface area contributed by atoms with E-state index in [4.69, 9.17) is 10.7 Å². The number of rotatable bonds is 6. The molecule has 0 spiro atoms. The standard InChI is InChI=1S/C30H36F2N6O2S/c31-23-1-3-25(4-2-23)35-28-13-22-7-12-38(20-30(22,14-21(28)15-33)19-36-10-9-26(39)18-36)41(40)27-5-6-29(34-16-27)37-11-8-24(32)17-37/h1-6,13,15-16,24,26,39H,7-12,14,17-20,33H2/t24-,26+,30+,41?/m1/s1. The van der Waals surface area contributed by atoms with Gasteiger partial charge in [0.2, 0.25) is 0 Å². The molecule has 2 aromatic rings. The average molecular weight is 583 g/mol. The number of piperidine rings is 1. The molecule has 1 aromatic heterocycles. The molecule has 3 aliphatic heterocycles. The Hall–Kier alpha value is -2.83. The third kappa shape index (κ3) is 6.05. The maximum absolute atomic E-state index is 13.8. The zero-order valence-electron chi connectivity index (χ0n) is 23.0. The molecular weight excluding hydrogens is 546 g/mol. The Labute approximate surface area is 242 Å². The number of likely N-dealkylation sites (tertiary alicyclic amines) is 1. The Kier molecular flexibility index (Phi) is 8.15. The van der Waals surface area contributed by atoms with Crippen LogP contribution in [0.15, 0.2) is 75.9 Å². The van der Waals surface area contributed by atoms with Gasteiger partial charge >= 0.3 is 0 Å². The topological polar surface area (TPSA) is 104 Å². The molecule has 4 atom stereocenters. The molecule has 1 unspecified atom stereocenters. The van der Waals surface area contributed by atoms with Gasteiger partial charge in [-0.05, 0) is 73.9 Å². The van der Waals surface area contributed by atoms with Crippen molar-refractivity contribution in [2.75, 3.05) is 50.7 Å². The molecule has 0 amide bonds. The molecular formula is C30H36F2N6O2S. The molecule has 6 rings (SSSR count).